The molecule has 1 aliphatic heterocycles. The van der Waals surface area contributed by atoms with Gasteiger partial charge in [0.05, 0.1) is 17.2 Å². The topological polar surface area (TPSA) is 54.0 Å². The molecule has 0 aliphatic carbocycles. The van der Waals surface area contributed by atoms with Gasteiger partial charge in [-0.05, 0) is 13.0 Å². The molecule has 1 aromatic heterocycles. The predicted molar refractivity (Wildman–Crippen MR) is 69.7 cm³/mol. The molecule has 1 atom stereocenters. The summed E-state index contributed by atoms with van der Waals surface area (Å²) in [5.41, 5.74) is 2.86. The SMILES string of the molecule is Cl.Cl.O=C(NCCc1cscn1)[C@H]1CCN1. The first-order valence-electron chi connectivity index (χ1n) is 4.74. The molecule has 16 heavy (non-hydrogen) atoms. The zero-order valence-corrected chi connectivity index (χ0v) is 11.1. The normalized spacial score (nSPS) is 17.6. The molecule has 0 unspecified atom stereocenters. The van der Waals surface area contributed by atoms with Crippen molar-refractivity contribution in [3.8, 4) is 0 Å². The Labute approximate surface area is 111 Å². The molecule has 1 aliphatic rings. The molecular weight excluding hydrogens is 269 g/mol. The number of nitrogens with zero attached hydrogens (tertiary/aromatic N) is 1. The van der Waals surface area contributed by atoms with Crippen LogP contribution in [0, 0.1) is 0 Å². The van der Waals surface area contributed by atoms with Crippen molar-refractivity contribution >= 4 is 42.1 Å². The summed E-state index contributed by atoms with van der Waals surface area (Å²) in [7, 11) is 0. The standard InChI is InChI=1S/C9H13N3OS.2ClH/c13-9(8-2-4-10-8)11-3-1-7-5-14-6-12-7;;/h5-6,8,10H,1-4H2,(H,11,13);2*1H/t8-;;/m1../s1. The number of thiazole rings is 1. The number of carbonyl (C=O) groups excluding carboxylic acids is 1. The van der Waals surface area contributed by atoms with E-state index in [9.17, 15) is 4.79 Å². The summed E-state index contributed by atoms with van der Waals surface area (Å²) in [6.45, 7) is 1.64. The van der Waals surface area contributed by atoms with E-state index in [1.807, 2.05) is 10.9 Å². The highest BCUT2D eigenvalue weighted by Crippen LogP contribution is 2.02. The van der Waals surface area contributed by atoms with Crippen molar-refractivity contribution in [1.29, 1.82) is 0 Å². The number of halogens is 2. The minimum Gasteiger partial charge on any atom is -0.354 e. The van der Waals surface area contributed by atoms with E-state index in [0.29, 0.717) is 6.54 Å². The van der Waals surface area contributed by atoms with Gasteiger partial charge in [-0.1, -0.05) is 0 Å². The van der Waals surface area contributed by atoms with E-state index in [1.54, 1.807) is 11.3 Å². The summed E-state index contributed by atoms with van der Waals surface area (Å²) in [4.78, 5) is 15.5. The Kier molecular flexibility index (Phi) is 7.66. The maximum Gasteiger partial charge on any atom is 0.237 e. The Morgan fingerprint density at radius 2 is 2.38 bits per heavy atom. The summed E-state index contributed by atoms with van der Waals surface area (Å²) in [5, 5.41) is 7.96. The van der Waals surface area contributed by atoms with Crippen LogP contribution in [0.1, 0.15) is 12.1 Å². The van der Waals surface area contributed by atoms with Crippen LogP contribution in [0.2, 0.25) is 0 Å². The van der Waals surface area contributed by atoms with Gasteiger partial charge in [0.1, 0.15) is 0 Å². The van der Waals surface area contributed by atoms with Gasteiger partial charge in [0, 0.05) is 18.3 Å². The Hall–Kier alpha value is -0.360. The quantitative estimate of drug-likeness (QED) is 0.867. The molecule has 0 saturated carbocycles. The lowest BCUT2D eigenvalue weighted by Crippen LogP contribution is -2.53. The van der Waals surface area contributed by atoms with Crippen LogP contribution in [0.25, 0.3) is 0 Å². The summed E-state index contributed by atoms with van der Waals surface area (Å²) in [5.74, 6) is 0.117. The van der Waals surface area contributed by atoms with Crippen molar-refractivity contribution in [3.63, 3.8) is 0 Å². The molecular formula is C9H15Cl2N3OS. The van der Waals surface area contributed by atoms with Crippen LogP contribution in [0.5, 0.6) is 0 Å². The number of hydrogen-bond acceptors (Lipinski definition) is 4. The number of hydrogen-bond donors (Lipinski definition) is 2. The summed E-state index contributed by atoms with van der Waals surface area (Å²) >= 11 is 1.58. The first kappa shape index (κ1) is 15.6. The van der Waals surface area contributed by atoms with Crippen molar-refractivity contribution in [3.05, 3.63) is 16.6 Å². The summed E-state index contributed by atoms with van der Waals surface area (Å²) in [6, 6.07) is 0.0467. The van der Waals surface area contributed by atoms with Crippen molar-refractivity contribution in [2.24, 2.45) is 0 Å². The van der Waals surface area contributed by atoms with Crippen LogP contribution >= 0.6 is 36.2 Å². The molecule has 0 bridgehead atoms. The Morgan fingerprint density at radius 3 is 2.88 bits per heavy atom. The average Bonchev–Trinajstić information content (AvgIpc) is 2.53. The number of rotatable bonds is 4. The molecule has 7 heteroatoms. The molecule has 1 aromatic rings. The van der Waals surface area contributed by atoms with Gasteiger partial charge >= 0.3 is 0 Å². The number of carbonyl (C=O) groups is 1. The minimum absolute atomic E-state index is 0. The van der Waals surface area contributed by atoms with Crippen molar-refractivity contribution < 1.29 is 4.79 Å². The number of amides is 1. The van der Waals surface area contributed by atoms with E-state index in [1.165, 1.54) is 0 Å². The van der Waals surface area contributed by atoms with Crippen molar-refractivity contribution in [1.82, 2.24) is 15.6 Å². The molecule has 0 radical (unpaired) electrons. The smallest absolute Gasteiger partial charge is 0.237 e. The van der Waals surface area contributed by atoms with E-state index >= 15 is 0 Å². The van der Waals surface area contributed by atoms with Crippen LogP contribution in [0.15, 0.2) is 10.9 Å². The fourth-order valence-electron chi connectivity index (χ4n) is 1.31. The van der Waals surface area contributed by atoms with Crippen LogP contribution in [0.4, 0.5) is 0 Å². The molecule has 4 nitrogen and oxygen atoms in total. The fraction of sp³-hybridized carbons (Fsp3) is 0.556. The van der Waals surface area contributed by atoms with Gasteiger partial charge in [-0.25, -0.2) is 4.98 Å². The van der Waals surface area contributed by atoms with E-state index in [4.69, 9.17) is 0 Å². The van der Waals surface area contributed by atoms with Crippen LogP contribution in [-0.4, -0.2) is 30.0 Å². The van der Waals surface area contributed by atoms with E-state index in [0.717, 1.165) is 25.1 Å². The van der Waals surface area contributed by atoms with E-state index in [-0.39, 0.29) is 36.8 Å². The fourth-order valence-corrected chi connectivity index (χ4v) is 1.90. The second kappa shape index (κ2) is 7.84. The zero-order valence-electron chi connectivity index (χ0n) is 8.64. The van der Waals surface area contributed by atoms with Gasteiger partial charge < -0.3 is 10.6 Å². The molecule has 92 valence electrons. The molecule has 2 N–H and O–H groups in total. The minimum atomic E-state index is 0. The molecule has 1 amide bonds. The third kappa shape index (κ3) is 4.25. The first-order chi connectivity index (χ1) is 6.86. The lowest BCUT2D eigenvalue weighted by molar-refractivity contribution is -0.124. The highest BCUT2D eigenvalue weighted by Gasteiger charge is 2.23. The van der Waals surface area contributed by atoms with Crippen LogP contribution in [-0.2, 0) is 11.2 Å². The third-order valence-corrected chi connectivity index (χ3v) is 2.94. The largest absolute Gasteiger partial charge is 0.354 e. The Morgan fingerprint density at radius 1 is 1.62 bits per heavy atom. The zero-order chi connectivity index (χ0) is 9.80. The number of aromatic nitrogens is 1. The first-order valence-corrected chi connectivity index (χ1v) is 5.69. The molecule has 1 fully saturated rings. The van der Waals surface area contributed by atoms with Gasteiger partial charge in [0.15, 0.2) is 0 Å². The molecule has 2 heterocycles. The van der Waals surface area contributed by atoms with E-state index < -0.39 is 0 Å². The molecule has 0 spiro atoms. The molecule has 2 rings (SSSR count). The predicted octanol–water partition coefficient (Wildman–Crippen LogP) is 1.01. The average molecular weight is 284 g/mol. The van der Waals surface area contributed by atoms with Crippen LogP contribution in [0.3, 0.4) is 0 Å². The third-order valence-electron chi connectivity index (χ3n) is 2.30. The second-order valence-electron chi connectivity index (χ2n) is 3.32. The Bertz CT molecular complexity index is 304. The molecule has 1 saturated heterocycles. The maximum absolute atomic E-state index is 11.4. The van der Waals surface area contributed by atoms with Gasteiger partial charge in [0.25, 0.3) is 0 Å². The highest BCUT2D eigenvalue weighted by atomic mass is 35.5. The molecule has 0 aromatic carbocycles. The van der Waals surface area contributed by atoms with Gasteiger partial charge in [-0.3, -0.25) is 4.79 Å². The summed E-state index contributed by atoms with van der Waals surface area (Å²) in [6.07, 6.45) is 1.78. The van der Waals surface area contributed by atoms with Crippen molar-refractivity contribution in [2.75, 3.05) is 13.1 Å². The van der Waals surface area contributed by atoms with Gasteiger partial charge in [-0.15, -0.1) is 36.2 Å². The monoisotopic (exact) mass is 283 g/mol. The number of nitrogens with one attached hydrogen (secondary N) is 2. The highest BCUT2D eigenvalue weighted by molar-refractivity contribution is 7.07. The van der Waals surface area contributed by atoms with Crippen molar-refractivity contribution in [2.45, 2.75) is 18.9 Å². The van der Waals surface area contributed by atoms with E-state index in [2.05, 4.69) is 15.6 Å². The maximum atomic E-state index is 11.4. The lowest BCUT2D eigenvalue weighted by Gasteiger charge is -2.26. The van der Waals surface area contributed by atoms with Gasteiger partial charge in [-0.2, -0.15) is 0 Å². The Balaban J connectivity index is 0.00000112. The lowest BCUT2D eigenvalue weighted by atomic mass is 10.1. The van der Waals surface area contributed by atoms with Crippen LogP contribution < -0.4 is 10.6 Å². The van der Waals surface area contributed by atoms with Gasteiger partial charge in [0.2, 0.25) is 5.91 Å². The second-order valence-corrected chi connectivity index (χ2v) is 4.03. The summed E-state index contributed by atoms with van der Waals surface area (Å²) < 4.78 is 0.